The maximum atomic E-state index is 13.9. The summed E-state index contributed by atoms with van der Waals surface area (Å²) in [5.41, 5.74) is 3.54. The van der Waals surface area contributed by atoms with Gasteiger partial charge in [0.2, 0.25) is 5.91 Å². The van der Waals surface area contributed by atoms with Crippen LogP contribution in [0.5, 0.6) is 11.5 Å². The zero-order valence-corrected chi connectivity index (χ0v) is 25.2. The molecule has 11 heteroatoms. The number of carbonyl (C=O) groups excluding carboxylic acids is 3. The van der Waals surface area contributed by atoms with Crippen molar-refractivity contribution in [1.82, 2.24) is 30.3 Å². The van der Waals surface area contributed by atoms with Crippen LogP contribution in [0.4, 0.5) is 0 Å². The molecule has 3 heterocycles. The van der Waals surface area contributed by atoms with E-state index in [-0.39, 0.29) is 37.4 Å². The Labute approximate surface area is 246 Å². The third kappa shape index (κ3) is 6.89. The highest BCUT2D eigenvalue weighted by Gasteiger charge is 2.26. The van der Waals surface area contributed by atoms with E-state index in [1.807, 2.05) is 32.9 Å². The zero-order valence-electron chi connectivity index (χ0n) is 25.2. The second-order valence-electron chi connectivity index (χ2n) is 10.9. The van der Waals surface area contributed by atoms with Crippen molar-refractivity contribution < 1.29 is 23.9 Å². The molecule has 1 atom stereocenters. The topological polar surface area (TPSA) is 128 Å². The van der Waals surface area contributed by atoms with Crippen LogP contribution < -0.4 is 20.1 Å². The first-order valence-electron chi connectivity index (χ1n) is 14.3. The van der Waals surface area contributed by atoms with Crippen LogP contribution in [0.25, 0.3) is 11.1 Å². The lowest BCUT2D eigenvalue weighted by Gasteiger charge is -2.25. The molecule has 0 radical (unpaired) electrons. The molecule has 2 N–H and O–H groups in total. The first-order valence-corrected chi connectivity index (χ1v) is 14.3. The van der Waals surface area contributed by atoms with E-state index in [0.717, 1.165) is 12.0 Å². The highest BCUT2D eigenvalue weighted by atomic mass is 16.5. The summed E-state index contributed by atoms with van der Waals surface area (Å²) in [7, 11) is 3.10. The summed E-state index contributed by atoms with van der Waals surface area (Å²) in [5.74, 6) is 0.215. The number of nitrogens with one attached hydrogen (secondary N) is 2. The van der Waals surface area contributed by atoms with Gasteiger partial charge in [0, 0.05) is 55.9 Å². The number of fused-ring (bicyclic) bond motifs is 5. The summed E-state index contributed by atoms with van der Waals surface area (Å²) in [6, 6.07) is 4.70. The third-order valence-corrected chi connectivity index (χ3v) is 7.15. The quantitative estimate of drug-likeness (QED) is 0.440. The lowest BCUT2D eigenvalue weighted by molar-refractivity contribution is -0.123. The third-order valence-electron chi connectivity index (χ3n) is 7.15. The Morgan fingerprint density at radius 3 is 2.57 bits per heavy atom. The number of hydrogen-bond donors (Lipinski definition) is 2. The van der Waals surface area contributed by atoms with Crippen LogP contribution in [0.3, 0.4) is 0 Å². The van der Waals surface area contributed by atoms with Crippen LogP contribution in [0, 0.1) is 12.8 Å². The lowest BCUT2D eigenvalue weighted by atomic mass is 10.00. The van der Waals surface area contributed by atoms with Gasteiger partial charge in [-0.2, -0.15) is 5.10 Å². The zero-order chi connectivity index (χ0) is 30.4. The van der Waals surface area contributed by atoms with E-state index in [4.69, 9.17) is 9.47 Å². The standard InChI is InChI=1S/C31H40N6O5/c1-7-9-37-18-25(20(4)35-37)31(40)36-10-8-33-30(39)26(11-19(2)3)34-29(38)23-14-22(15-32-16-23)24-12-21(17-36)13-27(41-5)28(24)42-6/h12-16,18-19,26H,7-11,17H2,1-6H3,(H,33,39)(H,34,38)/t26-/m1/s1. The van der Waals surface area contributed by atoms with Gasteiger partial charge in [0.25, 0.3) is 11.8 Å². The van der Waals surface area contributed by atoms with Crippen molar-refractivity contribution in [3.8, 4) is 22.6 Å². The predicted octanol–water partition coefficient (Wildman–Crippen LogP) is 3.60. The predicted molar refractivity (Wildman–Crippen MR) is 158 cm³/mol. The maximum Gasteiger partial charge on any atom is 0.257 e. The van der Waals surface area contributed by atoms with Crippen molar-refractivity contribution in [2.45, 2.75) is 59.7 Å². The molecule has 3 amide bonds. The number of ether oxygens (including phenoxy) is 2. The fourth-order valence-corrected chi connectivity index (χ4v) is 5.13. The molecule has 0 unspecified atom stereocenters. The van der Waals surface area contributed by atoms with Crippen molar-refractivity contribution in [2.24, 2.45) is 5.92 Å². The molecule has 11 nitrogen and oxygen atoms in total. The number of amides is 3. The van der Waals surface area contributed by atoms with Gasteiger partial charge in [-0.25, -0.2) is 0 Å². The summed E-state index contributed by atoms with van der Waals surface area (Å²) in [5, 5.41) is 10.3. The van der Waals surface area contributed by atoms with Gasteiger partial charge in [-0.05, 0) is 49.4 Å². The van der Waals surface area contributed by atoms with E-state index in [1.165, 1.54) is 6.20 Å². The highest BCUT2D eigenvalue weighted by Crippen LogP contribution is 2.39. The summed E-state index contributed by atoms with van der Waals surface area (Å²) in [4.78, 5) is 46.5. The summed E-state index contributed by atoms with van der Waals surface area (Å²) in [6.07, 6.45) is 6.23. The van der Waals surface area contributed by atoms with Crippen LogP contribution in [0.1, 0.15) is 65.6 Å². The first-order chi connectivity index (χ1) is 20.1. The normalized spacial score (nSPS) is 15.9. The minimum atomic E-state index is -0.749. The van der Waals surface area contributed by atoms with E-state index in [0.29, 0.717) is 52.4 Å². The number of aromatic nitrogens is 3. The summed E-state index contributed by atoms with van der Waals surface area (Å²) >= 11 is 0. The number of nitrogens with zero attached hydrogens (tertiary/aromatic N) is 4. The van der Waals surface area contributed by atoms with Crippen molar-refractivity contribution in [3.05, 3.63) is 59.2 Å². The number of methoxy groups -OCH3 is 2. The molecule has 4 rings (SSSR count). The number of carbonyl (C=O) groups is 3. The number of hydrogen-bond acceptors (Lipinski definition) is 7. The molecule has 224 valence electrons. The average molecular weight is 577 g/mol. The van der Waals surface area contributed by atoms with Crippen LogP contribution in [0.2, 0.25) is 0 Å². The Morgan fingerprint density at radius 2 is 1.88 bits per heavy atom. The maximum absolute atomic E-state index is 13.9. The molecule has 1 aliphatic heterocycles. The molecule has 0 spiro atoms. The van der Waals surface area contributed by atoms with Crippen LogP contribution in [-0.4, -0.2) is 70.7 Å². The van der Waals surface area contributed by atoms with Crippen molar-refractivity contribution in [1.29, 1.82) is 0 Å². The average Bonchev–Trinajstić information content (AvgIpc) is 3.34. The van der Waals surface area contributed by atoms with E-state index >= 15 is 0 Å². The van der Waals surface area contributed by atoms with Gasteiger partial charge in [-0.1, -0.05) is 20.8 Å². The van der Waals surface area contributed by atoms with E-state index < -0.39 is 11.9 Å². The molecular weight excluding hydrogens is 536 g/mol. The Bertz CT molecular complexity index is 1450. The summed E-state index contributed by atoms with van der Waals surface area (Å²) < 4.78 is 13.2. The van der Waals surface area contributed by atoms with Crippen molar-refractivity contribution in [3.63, 3.8) is 0 Å². The SMILES string of the molecule is CCCn1cc(C(=O)N2CCNC(=O)[C@@H](CC(C)C)NC(=O)c3cncc(c3)-c3cc(cc(OC)c3OC)C2)c(C)n1. The minimum Gasteiger partial charge on any atom is -0.493 e. The Kier molecular flexibility index (Phi) is 9.82. The molecule has 0 saturated heterocycles. The smallest absolute Gasteiger partial charge is 0.257 e. The van der Waals surface area contributed by atoms with Crippen molar-refractivity contribution >= 4 is 17.7 Å². The second-order valence-corrected chi connectivity index (χ2v) is 10.9. The summed E-state index contributed by atoms with van der Waals surface area (Å²) in [6.45, 7) is 9.24. The Hall–Kier alpha value is -4.41. The molecular formula is C31H40N6O5. The van der Waals surface area contributed by atoms with Crippen molar-refractivity contribution in [2.75, 3.05) is 27.3 Å². The van der Waals surface area contributed by atoms with Gasteiger partial charge in [-0.15, -0.1) is 0 Å². The van der Waals surface area contributed by atoms with Gasteiger partial charge < -0.3 is 25.0 Å². The minimum absolute atomic E-state index is 0.159. The molecule has 3 aromatic rings. The second kappa shape index (κ2) is 13.5. The molecule has 1 aliphatic rings. The molecule has 0 saturated carbocycles. The van der Waals surface area contributed by atoms with Crippen LogP contribution in [0.15, 0.2) is 36.8 Å². The number of rotatable bonds is 7. The Morgan fingerprint density at radius 1 is 1.12 bits per heavy atom. The fourth-order valence-electron chi connectivity index (χ4n) is 5.13. The number of pyridine rings is 1. The van der Waals surface area contributed by atoms with Gasteiger partial charge >= 0.3 is 0 Å². The fraction of sp³-hybridized carbons (Fsp3) is 0.452. The van der Waals surface area contributed by atoms with Gasteiger partial charge in [0.1, 0.15) is 6.04 Å². The van der Waals surface area contributed by atoms with Crippen LogP contribution in [-0.2, 0) is 17.9 Å². The number of benzene rings is 1. The number of aryl methyl sites for hydroxylation is 2. The monoisotopic (exact) mass is 576 g/mol. The van der Waals surface area contributed by atoms with E-state index in [9.17, 15) is 14.4 Å². The Balaban J connectivity index is 1.82. The first kappa shape index (κ1) is 30.5. The molecule has 42 heavy (non-hydrogen) atoms. The lowest BCUT2D eigenvalue weighted by Crippen LogP contribution is -2.49. The van der Waals surface area contributed by atoms with Gasteiger partial charge in [0.05, 0.1) is 31.0 Å². The molecule has 0 aliphatic carbocycles. The highest BCUT2D eigenvalue weighted by molar-refractivity contribution is 5.98. The van der Waals surface area contributed by atoms with E-state index in [1.54, 1.807) is 42.3 Å². The van der Waals surface area contributed by atoms with Crippen LogP contribution >= 0.6 is 0 Å². The van der Waals surface area contributed by atoms with Gasteiger partial charge in [0.15, 0.2) is 11.5 Å². The van der Waals surface area contributed by atoms with E-state index in [2.05, 4.69) is 27.6 Å². The van der Waals surface area contributed by atoms with Gasteiger partial charge in [-0.3, -0.25) is 24.0 Å². The molecule has 0 fully saturated rings. The molecule has 2 aromatic heterocycles. The molecule has 4 bridgehead atoms. The largest absolute Gasteiger partial charge is 0.493 e. The molecule has 1 aromatic carbocycles.